The molecular formula is C30H34Cl2N2O2S. The molecule has 1 aliphatic heterocycles. The van der Waals surface area contributed by atoms with Crippen LogP contribution in [0.4, 0.5) is 0 Å². The monoisotopic (exact) mass is 556 g/mol. The first kappa shape index (κ1) is 26.6. The molecule has 2 aromatic rings. The summed E-state index contributed by atoms with van der Waals surface area (Å²) in [6.45, 7) is 2.43. The zero-order valence-electron chi connectivity index (χ0n) is 21.3. The van der Waals surface area contributed by atoms with E-state index in [9.17, 15) is 4.79 Å². The Morgan fingerprint density at radius 3 is 2.35 bits per heavy atom. The molecule has 2 aromatic carbocycles. The van der Waals surface area contributed by atoms with Crippen LogP contribution >= 0.6 is 35.0 Å². The van der Waals surface area contributed by atoms with Gasteiger partial charge in [0.05, 0.1) is 21.0 Å². The van der Waals surface area contributed by atoms with Gasteiger partial charge in [0.2, 0.25) is 0 Å². The molecule has 0 N–H and O–H groups in total. The van der Waals surface area contributed by atoms with Gasteiger partial charge in [-0.05, 0) is 73.7 Å². The maximum Gasteiger partial charge on any atom is 0.266 e. The lowest BCUT2D eigenvalue weighted by molar-refractivity contribution is -0.124. The number of amidine groups is 1. The Bertz CT molecular complexity index is 1180. The number of hydrogen-bond acceptors (Lipinski definition) is 4. The largest absolute Gasteiger partial charge is 0.486 e. The molecule has 1 amide bonds. The second-order valence-electron chi connectivity index (χ2n) is 10.4. The van der Waals surface area contributed by atoms with Crippen molar-refractivity contribution in [2.75, 3.05) is 0 Å². The summed E-state index contributed by atoms with van der Waals surface area (Å²) in [5, 5.41) is 1.75. The maximum absolute atomic E-state index is 13.7. The standard InChI is InChI=1S/C30H34Cl2N2O2S/c1-20-9-8-10-21(15-20)19-36-28-25(31)16-22(17-26(28)32)18-27-29(35)34(24-13-6-3-7-14-24)30(37-27)33-23-11-4-2-5-12-23/h8-10,15-18,23-24H,2-7,11-14,19H2,1H3. The number of aliphatic imine (C=N–C) groups is 1. The lowest BCUT2D eigenvalue weighted by Crippen LogP contribution is -2.41. The number of thioether (sulfide) groups is 1. The number of carbonyl (C=O) groups is 1. The first-order chi connectivity index (χ1) is 18.0. The Morgan fingerprint density at radius 2 is 1.68 bits per heavy atom. The van der Waals surface area contributed by atoms with Gasteiger partial charge in [0.1, 0.15) is 6.61 Å². The Morgan fingerprint density at radius 1 is 1.00 bits per heavy atom. The summed E-state index contributed by atoms with van der Waals surface area (Å²) in [6, 6.07) is 12.4. The van der Waals surface area contributed by atoms with Crippen LogP contribution in [0.5, 0.6) is 5.75 Å². The van der Waals surface area contributed by atoms with Crippen LogP contribution in [0, 0.1) is 6.92 Å². The molecule has 1 saturated heterocycles. The molecule has 0 unspecified atom stereocenters. The molecule has 3 aliphatic rings. The molecule has 7 heteroatoms. The summed E-state index contributed by atoms with van der Waals surface area (Å²) in [7, 11) is 0. The summed E-state index contributed by atoms with van der Waals surface area (Å²) in [5.41, 5.74) is 3.02. The van der Waals surface area contributed by atoms with Crippen LogP contribution < -0.4 is 4.74 Å². The fourth-order valence-electron chi connectivity index (χ4n) is 5.51. The van der Waals surface area contributed by atoms with E-state index in [0.717, 1.165) is 42.0 Å². The minimum Gasteiger partial charge on any atom is -0.486 e. The average Bonchev–Trinajstić information content (AvgIpc) is 3.18. The molecule has 2 aliphatic carbocycles. The van der Waals surface area contributed by atoms with Crippen LogP contribution in [-0.4, -0.2) is 28.1 Å². The third kappa shape index (κ3) is 6.55. The number of benzene rings is 2. The van der Waals surface area contributed by atoms with Gasteiger partial charge in [0, 0.05) is 6.04 Å². The van der Waals surface area contributed by atoms with Crippen molar-refractivity contribution in [2.24, 2.45) is 4.99 Å². The Balaban J connectivity index is 1.37. The first-order valence-electron chi connectivity index (χ1n) is 13.5. The van der Waals surface area contributed by atoms with E-state index in [2.05, 4.69) is 19.1 Å². The van der Waals surface area contributed by atoms with Gasteiger partial charge in [0.25, 0.3) is 5.91 Å². The number of carbonyl (C=O) groups excluding carboxylic acids is 1. The Hall–Kier alpha value is -1.95. The number of amides is 1. The third-order valence-corrected chi connectivity index (χ3v) is 8.99. The summed E-state index contributed by atoms with van der Waals surface area (Å²) < 4.78 is 5.97. The number of aryl methyl sites for hydroxylation is 1. The zero-order chi connectivity index (χ0) is 25.8. The van der Waals surface area contributed by atoms with Gasteiger partial charge in [-0.1, -0.05) is 91.6 Å². The van der Waals surface area contributed by atoms with Crippen molar-refractivity contribution in [3.63, 3.8) is 0 Å². The summed E-state index contributed by atoms with van der Waals surface area (Å²) in [5.74, 6) is 0.513. The molecule has 4 nitrogen and oxygen atoms in total. The van der Waals surface area contributed by atoms with Gasteiger partial charge in [0.15, 0.2) is 10.9 Å². The van der Waals surface area contributed by atoms with Crippen molar-refractivity contribution in [1.29, 1.82) is 0 Å². The van der Waals surface area contributed by atoms with Crippen molar-refractivity contribution in [3.05, 3.63) is 68.0 Å². The summed E-state index contributed by atoms with van der Waals surface area (Å²) in [4.78, 5) is 21.4. The van der Waals surface area contributed by atoms with Crippen LogP contribution in [0.1, 0.15) is 80.9 Å². The Kier molecular flexibility index (Phi) is 8.84. The molecule has 196 valence electrons. The summed E-state index contributed by atoms with van der Waals surface area (Å²) in [6.07, 6.45) is 13.6. The van der Waals surface area contributed by atoms with Crippen LogP contribution in [0.2, 0.25) is 10.0 Å². The number of rotatable bonds is 6. The van der Waals surface area contributed by atoms with Crippen molar-refractivity contribution in [2.45, 2.75) is 89.8 Å². The van der Waals surface area contributed by atoms with Gasteiger partial charge in [-0.2, -0.15) is 0 Å². The van der Waals surface area contributed by atoms with Gasteiger partial charge in [-0.15, -0.1) is 0 Å². The van der Waals surface area contributed by atoms with Crippen LogP contribution in [0.25, 0.3) is 6.08 Å². The molecule has 5 rings (SSSR count). The topological polar surface area (TPSA) is 41.9 Å². The van der Waals surface area contributed by atoms with E-state index in [1.807, 2.05) is 35.2 Å². The molecule has 37 heavy (non-hydrogen) atoms. The highest BCUT2D eigenvalue weighted by Gasteiger charge is 2.39. The number of nitrogens with zero attached hydrogens (tertiary/aromatic N) is 2. The minimum absolute atomic E-state index is 0.0541. The van der Waals surface area contributed by atoms with Crippen molar-refractivity contribution < 1.29 is 9.53 Å². The average molecular weight is 558 g/mol. The molecule has 2 saturated carbocycles. The van der Waals surface area contributed by atoms with Gasteiger partial charge >= 0.3 is 0 Å². The predicted molar refractivity (Wildman–Crippen MR) is 156 cm³/mol. The van der Waals surface area contributed by atoms with Gasteiger partial charge in [-0.25, -0.2) is 0 Å². The lowest BCUT2D eigenvalue weighted by atomic mass is 9.94. The fraction of sp³-hybridized carbons (Fsp3) is 0.467. The highest BCUT2D eigenvalue weighted by Crippen LogP contribution is 2.40. The van der Waals surface area contributed by atoms with Crippen molar-refractivity contribution in [1.82, 2.24) is 4.90 Å². The fourth-order valence-corrected chi connectivity index (χ4v) is 7.24. The molecule has 3 fully saturated rings. The molecule has 0 spiro atoms. The maximum atomic E-state index is 13.7. The quantitative estimate of drug-likeness (QED) is 0.333. The highest BCUT2D eigenvalue weighted by molar-refractivity contribution is 8.18. The van der Waals surface area contributed by atoms with E-state index < -0.39 is 0 Å². The molecule has 0 radical (unpaired) electrons. The first-order valence-corrected chi connectivity index (χ1v) is 15.0. The van der Waals surface area contributed by atoms with E-state index in [4.69, 9.17) is 32.9 Å². The second kappa shape index (κ2) is 12.3. The Labute approximate surface area is 234 Å². The second-order valence-corrected chi connectivity index (χ2v) is 12.2. The predicted octanol–water partition coefficient (Wildman–Crippen LogP) is 8.82. The van der Waals surface area contributed by atoms with E-state index in [-0.39, 0.29) is 11.9 Å². The molecule has 0 aromatic heterocycles. The van der Waals surface area contributed by atoms with Crippen molar-refractivity contribution >= 4 is 52.1 Å². The smallest absolute Gasteiger partial charge is 0.266 e. The van der Waals surface area contributed by atoms with E-state index in [1.165, 1.54) is 55.9 Å². The van der Waals surface area contributed by atoms with Gasteiger partial charge < -0.3 is 4.74 Å². The third-order valence-electron chi connectivity index (χ3n) is 7.43. The normalized spacial score (nSPS) is 21.8. The van der Waals surface area contributed by atoms with E-state index >= 15 is 0 Å². The van der Waals surface area contributed by atoms with Crippen LogP contribution in [0.15, 0.2) is 46.3 Å². The molecular weight excluding hydrogens is 523 g/mol. The number of ether oxygens (including phenoxy) is 1. The number of halogens is 2. The highest BCUT2D eigenvalue weighted by atomic mass is 35.5. The van der Waals surface area contributed by atoms with Crippen LogP contribution in [0.3, 0.4) is 0 Å². The zero-order valence-corrected chi connectivity index (χ0v) is 23.7. The minimum atomic E-state index is 0.0541. The molecule has 0 bridgehead atoms. The molecule has 0 atom stereocenters. The van der Waals surface area contributed by atoms with Gasteiger partial charge in [-0.3, -0.25) is 14.7 Å². The van der Waals surface area contributed by atoms with E-state index in [0.29, 0.717) is 33.3 Å². The lowest BCUT2D eigenvalue weighted by Gasteiger charge is -2.31. The van der Waals surface area contributed by atoms with Crippen LogP contribution in [-0.2, 0) is 11.4 Å². The SMILES string of the molecule is Cc1cccc(COc2c(Cl)cc(C=C3SC(=NC4CCCCC4)N(C4CCCCC4)C3=O)cc2Cl)c1. The molecule has 1 heterocycles. The summed E-state index contributed by atoms with van der Waals surface area (Å²) >= 11 is 14.7. The van der Waals surface area contributed by atoms with E-state index in [1.54, 1.807) is 0 Å². The number of hydrogen-bond donors (Lipinski definition) is 0. The van der Waals surface area contributed by atoms with Crippen molar-refractivity contribution in [3.8, 4) is 5.75 Å².